The van der Waals surface area contributed by atoms with E-state index in [1.807, 2.05) is 12.1 Å². The predicted molar refractivity (Wildman–Crippen MR) is 89.8 cm³/mol. The molecule has 2 aromatic rings. The molecule has 0 aliphatic carbocycles. The van der Waals surface area contributed by atoms with Gasteiger partial charge in [0, 0.05) is 5.56 Å². The zero-order chi connectivity index (χ0) is 16.8. The van der Waals surface area contributed by atoms with E-state index in [1.165, 1.54) is 19.8 Å². The van der Waals surface area contributed by atoms with Crippen molar-refractivity contribution in [2.24, 2.45) is 0 Å². The number of hydrogen-bond acceptors (Lipinski definition) is 4. The van der Waals surface area contributed by atoms with Crippen LogP contribution in [0.25, 0.3) is 0 Å². The summed E-state index contributed by atoms with van der Waals surface area (Å²) in [5.41, 5.74) is 2.82. The molecule has 0 bridgehead atoms. The molecule has 0 aromatic heterocycles. The van der Waals surface area contributed by atoms with Gasteiger partial charge in [0.1, 0.15) is 12.9 Å². The molecule has 122 valence electrons. The molecule has 0 aliphatic rings. The number of aldehydes is 1. The van der Waals surface area contributed by atoms with Crippen molar-refractivity contribution >= 4 is 6.29 Å². The Labute approximate surface area is 137 Å². The van der Waals surface area contributed by atoms with E-state index in [4.69, 9.17) is 14.2 Å². The third-order valence-corrected chi connectivity index (χ3v) is 3.65. The second-order valence-electron chi connectivity index (χ2n) is 5.56. The lowest BCUT2D eigenvalue weighted by Crippen LogP contribution is -2.01. The lowest BCUT2D eigenvalue weighted by atomic mass is 10.0. The predicted octanol–water partition coefficient (Wildman–Crippen LogP) is 4.22. The SMILES string of the molecule is COc1cc(C=O)cc(OC)c1OCc1ccc(C(C)C)cc1. The minimum Gasteiger partial charge on any atom is -0.493 e. The van der Waals surface area contributed by atoms with Crippen LogP contribution in [-0.4, -0.2) is 20.5 Å². The minimum absolute atomic E-state index is 0.394. The van der Waals surface area contributed by atoms with Crippen LogP contribution in [0.15, 0.2) is 36.4 Å². The molecule has 0 atom stereocenters. The van der Waals surface area contributed by atoms with E-state index in [-0.39, 0.29) is 0 Å². The van der Waals surface area contributed by atoms with Crippen LogP contribution in [0.3, 0.4) is 0 Å². The first-order valence-corrected chi connectivity index (χ1v) is 7.51. The number of carbonyl (C=O) groups is 1. The van der Waals surface area contributed by atoms with Crippen molar-refractivity contribution in [2.45, 2.75) is 26.4 Å². The number of carbonyl (C=O) groups excluding carboxylic acids is 1. The normalized spacial score (nSPS) is 10.5. The summed E-state index contributed by atoms with van der Waals surface area (Å²) in [5.74, 6) is 1.95. The molecule has 0 spiro atoms. The maximum Gasteiger partial charge on any atom is 0.203 e. The van der Waals surface area contributed by atoms with Gasteiger partial charge in [0.2, 0.25) is 5.75 Å². The Morgan fingerprint density at radius 3 is 2.00 bits per heavy atom. The van der Waals surface area contributed by atoms with Crippen LogP contribution >= 0.6 is 0 Å². The van der Waals surface area contributed by atoms with Crippen LogP contribution in [0.1, 0.15) is 41.3 Å². The molecule has 0 heterocycles. The van der Waals surface area contributed by atoms with Crippen LogP contribution in [0.2, 0.25) is 0 Å². The number of ether oxygens (including phenoxy) is 3. The van der Waals surface area contributed by atoms with Crippen molar-refractivity contribution < 1.29 is 19.0 Å². The molecule has 4 heteroatoms. The smallest absolute Gasteiger partial charge is 0.203 e. The molecule has 0 saturated heterocycles. The van der Waals surface area contributed by atoms with Gasteiger partial charge in [-0.3, -0.25) is 4.79 Å². The van der Waals surface area contributed by atoms with Crippen molar-refractivity contribution in [2.75, 3.05) is 14.2 Å². The summed E-state index contributed by atoms with van der Waals surface area (Å²) in [6.45, 7) is 4.72. The standard InChI is InChI=1S/C19H22O4/c1-13(2)16-7-5-14(6-8-16)12-23-19-17(21-3)9-15(11-20)10-18(19)22-4/h5-11,13H,12H2,1-4H3. The molecule has 0 amide bonds. The second-order valence-corrected chi connectivity index (χ2v) is 5.56. The molecule has 0 radical (unpaired) electrons. The molecule has 2 rings (SSSR count). The van der Waals surface area contributed by atoms with E-state index in [0.29, 0.717) is 35.3 Å². The van der Waals surface area contributed by atoms with Gasteiger partial charge in [0.25, 0.3) is 0 Å². The van der Waals surface area contributed by atoms with Gasteiger partial charge < -0.3 is 14.2 Å². The summed E-state index contributed by atoms with van der Waals surface area (Å²) in [7, 11) is 3.07. The van der Waals surface area contributed by atoms with E-state index in [0.717, 1.165) is 11.8 Å². The molecule has 0 aliphatic heterocycles. The number of hydrogen-bond donors (Lipinski definition) is 0. The molecule has 23 heavy (non-hydrogen) atoms. The lowest BCUT2D eigenvalue weighted by Gasteiger charge is -2.15. The first-order chi connectivity index (χ1) is 11.1. The molecule has 0 saturated carbocycles. The van der Waals surface area contributed by atoms with Crippen LogP contribution in [0.5, 0.6) is 17.2 Å². The molecule has 2 aromatic carbocycles. The van der Waals surface area contributed by atoms with Gasteiger partial charge in [-0.25, -0.2) is 0 Å². The lowest BCUT2D eigenvalue weighted by molar-refractivity contribution is 0.112. The van der Waals surface area contributed by atoms with Crippen molar-refractivity contribution in [1.82, 2.24) is 0 Å². The van der Waals surface area contributed by atoms with E-state index < -0.39 is 0 Å². The van der Waals surface area contributed by atoms with Gasteiger partial charge in [0.15, 0.2) is 11.5 Å². The maximum atomic E-state index is 11.0. The zero-order valence-electron chi connectivity index (χ0n) is 14.0. The maximum absolute atomic E-state index is 11.0. The minimum atomic E-state index is 0.394. The van der Waals surface area contributed by atoms with Crippen molar-refractivity contribution in [1.29, 1.82) is 0 Å². The summed E-state index contributed by atoms with van der Waals surface area (Å²) in [5, 5.41) is 0. The van der Waals surface area contributed by atoms with E-state index in [1.54, 1.807) is 12.1 Å². The van der Waals surface area contributed by atoms with Gasteiger partial charge in [0.05, 0.1) is 14.2 Å². The third kappa shape index (κ3) is 4.03. The Morgan fingerprint density at radius 1 is 1.00 bits per heavy atom. The molecule has 0 fully saturated rings. The fourth-order valence-corrected chi connectivity index (χ4v) is 2.26. The summed E-state index contributed by atoms with van der Waals surface area (Å²) < 4.78 is 16.5. The summed E-state index contributed by atoms with van der Waals surface area (Å²) in [6.07, 6.45) is 0.749. The zero-order valence-corrected chi connectivity index (χ0v) is 14.0. The van der Waals surface area contributed by atoms with Crippen LogP contribution < -0.4 is 14.2 Å². The monoisotopic (exact) mass is 314 g/mol. The van der Waals surface area contributed by atoms with E-state index >= 15 is 0 Å². The van der Waals surface area contributed by atoms with Crippen LogP contribution in [0, 0.1) is 0 Å². The molecular weight excluding hydrogens is 292 g/mol. The van der Waals surface area contributed by atoms with Gasteiger partial charge >= 0.3 is 0 Å². The Kier molecular flexibility index (Phi) is 5.63. The highest BCUT2D eigenvalue weighted by Gasteiger charge is 2.14. The van der Waals surface area contributed by atoms with Gasteiger partial charge in [-0.1, -0.05) is 38.1 Å². The highest BCUT2D eigenvalue weighted by molar-refractivity contribution is 5.78. The number of rotatable bonds is 7. The number of methoxy groups -OCH3 is 2. The first kappa shape index (κ1) is 16.9. The van der Waals surface area contributed by atoms with Crippen molar-refractivity contribution in [3.8, 4) is 17.2 Å². The highest BCUT2D eigenvalue weighted by Crippen LogP contribution is 2.38. The van der Waals surface area contributed by atoms with Gasteiger partial charge in [-0.05, 0) is 29.2 Å². The molecule has 0 N–H and O–H groups in total. The Bertz CT molecular complexity index is 635. The highest BCUT2D eigenvalue weighted by atomic mass is 16.5. The quantitative estimate of drug-likeness (QED) is 0.718. The summed E-state index contributed by atoms with van der Waals surface area (Å²) >= 11 is 0. The largest absolute Gasteiger partial charge is 0.493 e. The van der Waals surface area contributed by atoms with Crippen LogP contribution in [-0.2, 0) is 6.61 Å². The summed E-state index contributed by atoms with van der Waals surface area (Å²) in [4.78, 5) is 11.0. The van der Waals surface area contributed by atoms with Gasteiger partial charge in [-0.2, -0.15) is 0 Å². The Morgan fingerprint density at radius 2 is 1.57 bits per heavy atom. The second kappa shape index (κ2) is 7.68. The number of benzene rings is 2. The fraction of sp³-hybridized carbons (Fsp3) is 0.316. The van der Waals surface area contributed by atoms with E-state index in [9.17, 15) is 4.79 Å². The topological polar surface area (TPSA) is 44.8 Å². The summed E-state index contributed by atoms with van der Waals surface area (Å²) in [6, 6.07) is 11.6. The molecule has 0 unspecified atom stereocenters. The average Bonchev–Trinajstić information content (AvgIpc) is 2.59. The molecular formula is C19H22O4. The fourth-order valence-electron chi connectivity index (χ4n) is 2.26. The van der Waals surface area contributed by atoms with Crippen molar-refractivity contribution in [3.63, 3.8) is 0 Å². The first-order valence-electron chi connectivity index (χ1n) is 7.51. The Balaban J connectivity index is 2.20. The van der Waals surface area contributed by atoms with E-state index in [2.05, 4.69) is 26.0 Å². The Hall–Kier alpha value is -2.49. The van der Waals surface area contributed by atoms with Crippen LogP contribution in [0.4, 0.5) is 0 Å². The third-order valence-electron chi connectivity index (χ3n) is 3.65. The average molecular weight is 314 g/mol. The van der Waals surface area contributed by atoms with Gasteiger partial charge in [-0.15, -0.1) is 0 Å². The van der Waals surface area contributed by atoms with Crippen molar-refractivity contribution in [3.05, 3.63) is 53.1 Å². The molecule has 4 nitrogen and oxygen atoms in total.